The summed E-state index contributed by atoms with van der Waals surface area (Å²) in [5.41, 5.74) is 1.32. The van der Waals surface area contributed by atoms with Crippen LogP contribution in [0.1, 0.15) is 68.9 Å². The lowest BCUT2D eigenvalue weighted by Crippen LogP contribution is -2.26. The van der Waals surface area contributed by atoms with Gasteiger partial charge in [-0.2, -0.15) is 0 Å². The SMILES string of the molecule is CCC(C)c1nc(N2CCCCCCC2)sc1CNC. The number of hydrogen-bond acceptors (Lipinski definition) is 4. The van der Waals surface area contributed by atoms with Gasteiger partial charge in [0, 0.05) is 24.5 Å². The Morgan fingerprint density at radius 1 is 1.20 bits per heavy atom. The zero-order valence-corrected chi connectivity index (χ0v) is 14.1. The van der Waals surface area contributed by atoms with Crippen molar-refractivity contribution in [3.63, 3.8) is 0 Å². The molecule has 1 aliphatic rings. The monoisotopic (exact) mass is 295 g/mol. The number of nitrogens with zero attached hydrogens (tertiary/aromatic N) is 2. The molecule has 1 aliphatic heterocycles. The van der Waals surface area contributed by atoms with Gasteiger partial charge in [0.15, 0.2) is 5.13 Å². The molecule has 0 radical (unpaired) electrons. The van der Waals surface area contributed by atoms with Gasteiger partial charge in [0.05, 0.1) is 5.69 Å². The molecule has 1 unspecified atom stereocenters. The zero-order chi connectivity index (χ0) is 14.4. The van der Waals surface area contributed by atoms with Gasteiger partial charge in [0.25, 0.3) is 0 Å². The first kappa shape index (κ1) is 15.8. The number of thiazole rings is 1. The van der Waals surface area contributed by atoms with Gasteiger partial charge in [-0.3, -0.25) is 0 Å². The van der Waals surface area contributed by atoms with Crippen molar-refractivity contribution in [2.45, 2.75) is 64.8 Å². The molecule has 3 nitrogen and oxygen atoms in total. The van der Waals surface area contributed by atoms with Crippen LogP contribution in [0.2, 0.25) is 0 Å². The summed E-state index contributed by atoms with van der Waals surface area (Å²) in [4.78, 5) is 8.95. The second-order valence-electron chi connectivity index (χ2n) is 5.90. The van der Waals surface area contributed by atoms with Crippen LogP contribution in [0.4, 0.5) is 5.13 Å². The van der Waals surface area contributed by atoms with E-state index in [4.69, 9.17) is 4.98 Å². The summed E-state index contributed by atoms with van der Waals surface area (Å²) >= 11 is 1.90. The zero-order valence-electron chi connectivity index (χ0n) is 13.2. The quantitative estimate of drug-likeness (QED) is 0.884. The minimum atomic E-state index is 0.568. The predicted molar refractivity (Wildman–Crippen MR) is 88.9 cm³/mol. The van der Waals surface area contributed by atoms with E-state index in [0.717, 1.165) is 6.54 Å². The van der Waals surface area contributed by atoms with Gasteiger partial charge in [-0.15, -0.1) is 11.3 Å². The summed E-state index contributed by atoms with van der Waals surface area (Å²) in [6.07, 6.45) is 7.97. The van der Waals surface area contributed by atoms with Gasteiger partial charge in [0.2, 0.25) is 0 Å². The second kappa shape index (κ2) is 7.99. The van der Waals surface area contributed by atoms with E-state index >= 15 is 0 Å². The number of hydrogen-bond donors (Lipinski definition) is 1. The van der Waals surface area contributed by atoms with Crippen molar-refractivity contribution in [2.24, 2.45) is 0 Å². The molecule has 4 heteroatoms. The minimum absolute atomic E-state index is 0.568. The normalized spacial score (nSPS) is 18.6. The molecule has 0 aromatic carbocycles. The largest absolute Gasteiger partial charge is 0.348 e. The van der Waals surface area contributed by atoms with Gasteiger partial charge in [-0.25, -0.2) is 4.98 Å². The highest BCUT2D eigenvalue weighted by Gasteiger charge is 2.19. The first-order valence-corrected chi connectivity index (χ1v) is 8.97. The van der Waals surface area contributed by atoms with Crippen LogP contribution in [0.25, 0.3) is 0 Å². The molecule has 0 bridgehead atoms. The average molecular weight is 295 g/mol. The lowest BCUT2D eigenvalue weighted by Gasteiger charge is -2.24. The highest BCUT2D eigenvalue weighted by atomic mass is 32.1. The fraction of sp³-hybridized carbons (Fsp3) is 0.812. The third-order valence-electron chi connectivity index (χ3n) is 4.26. The van der Waals surface area contributed by atoms with E-state index in [-0.39, 0.29) is 0 Å². The van der Waals surface area contributed by atoms with E-state index in [0.29, 0.717) is 5.92 Å². The van der Waals surface area contributed by atoms with Gasteiger partial charge >= 0.3 is 0 Å². The van der Waals surface area contributed by atoms with Gasteiger partial charge in [0.1, 0.15) is 0 Å². The van der Waals surface area contributed by atoms with Gasteiger partial charge < -0.3 is 10.2 Å². The van der Waals surface area contributed by atoms with E-state index in [2.05, 4.69) is 24.1 Å². The third-order valence-corrected chi connectivity index (χ3v) is 5.39. The fourth-order valence-corrected chi connectivity index (χ4v) is 4.03. The van der Waals surface area contributed by atoms with E-state index in [1.807, 2.05) is 18.4 Å². The van der Waals surface area contributed by atoms with Crippen molar-refractivity contribution in [2.75, 3.05) is 25.0 Å². The molecule has 114 valence electrons. The second-order valence-corrected chi connectivity index (χ2v) is 6.96. The Morgan fingerprint density at radius 2 is 1.85 bits per heavy atom. The van der Waals surface area contributed by atoms with Crippen LogP contribution in [-0.2, 0) is 6.54 Å². The lowest BCUT2D eigenvalue weighted by atomic mass is 10.0. The first-order chi connectivity index (χ1) is 9.76. The van der Waals surface area contributed by atoms with E-state index < -0.39 is 0 Å². The lowest BCUT2D eigenvalue weighted by molar-refractivity contribution is 0.555. The molecule has 1 aromatic heterocycles. The molecule has 2 rings (SSSR count). The topological polar surface area (TPSA) is 28.2 Å². The molecule has 1 aromatic rings. The Morgan fingerprint density at radius 3 is 2.45 bits per heavy atom. The Kier molecular flexibility index (Phi) is 6.30. The van der Waals surface area contributed by atoms with Crippen molar-refractivity contribution in [3.8, 4) is 0 Å². The Balaban J connectivity index is 2.17. The molecule has 1 fully saturated rings. The molecule has 0 aliphatic carbocycles. The maximum Gasteiger partial charge on any atom is 0.185 e. The minimum Gasteiger partial charge on any atom is -0.348 e. The Hall–Kier alpha value is -0.610. The maximum atomic E-state index is 5.00. The highest BCUT2D eigenvalue weighted by Crippen LogP contribution is 2.33. The van der Waals surface area contributed by atoms with Crippen molar-refractivity contribution in [3.05, 3.63) is 10.6 Å². The number of aromatic nitrogens is 1. The smallest absolute Gasteiger partial charge is 0.185 e. The highest BCUT2D eigenvalue weighted by molar-refractivity contribution is 7.15. The summed E-state index contributed by atoms with van der Waals surface area (Å²) in [5, 5.41) is 4.55. The van der Waals surface area contributed by atoms with E-state index in [1.54, 1.807) is 0 Å². The standard InChI is InChI=1S/C16H29N3S/c1-4-13(2)15-14(12-17-3)20-16(18-15)19-10-8-6-5-7-9-11-19/h13,17H,4-12H2,1-3H3. The molecule has 0 spiro atoms. The first-order valence-electron chi connectivity index (χ1n) is 8.15. The number of rotatable bonds is 5. The molecule has 2 heterocycles. The van der Waals surface area contributed by atoms with Gasteiger partial charge in [-0.05, 0) is 32.2 Å². The molecule has 1 atom stereocenters. The number of nitrogens with one attached hydrogen (secondary N) is 1. The summed E-state index contributed by atoms with van der Waals surface area (Å²) in [5.74, 6) is 0.568. The van der Waals surface area contributed by atoms with Crippen molar-refractivity contribution in [1.29, 1.82) is 0 Å². The van der Waals surface area contributed by atoms with Crippen LogP contribution in [0.15, 0.2) is 0 Å². The van der Waals surface area contributed by atoms with Gasteiger partial charge in [-0.1, -0.05) is 33.1 Å². The van der Waals surface area contributed by atoms with Crippen LogP contribution in [-0.4, -0.2) is 25.1 Å². The molecule has 0 amide bonds. The van der Waals surface area contributed by atoms with Crippen LogP contribution in [0.3, 0.4) is 0 Å². The summed E-state index contributed by atoms with van der Waals surface area (Å²) < 4.78 is 0. The third kappa shape index (κ3) is 3.95. The van der Waals surface area contributed by atoms with Crippen LogP contribution >= 0.6 is 11.3 Å². The van der Waals surface area contributed by atoms with E-state index in [1.165, 1.54) is 67.3 Å². The van der Waals surface area contributed by atoms with Crippen LogP contribution in [0, 0.1) is 0 Å². The molecule has 1 N–H and O–H groups in total. The van der Waals surface area contributed by atoms with Crippen LogP contribution < -0.4 is 10.2 Å². The predicted octanol–water partition coefficient (Wildman–Crippen LogP) is 4.15. The van der Waals surface area contributed by atoms with Crippen molar-refractivity contribution in [1.82, 2.24) is 10.3 Å². The van der Waals surface area contributed by atoms with Crippen molar-refractivity contribution >= 4 is 16.5 Å². The molecular weight excluding hydrogens is 266 g/mol. The number of anilines is 1. The fourth-order valence-electron chi connectivity index (χ4n) is 2.79. The average Bonchev–Trinajstić information content (AvgIpc) is 2.82. The molecule has 1 saturated heterocycles. The maximum absolute atomic E-state index is 5.00. The van der Waals surface area contributed by atoms with Crippen molar-refractivity contribution < 1.29 is 0 Å². The Labute approximate surface area is 127 Å². The molecular formula is C16H29N3S. The Bertz CT molecular complexity index is 394. The van der Waals surface area contributed by atoms with Crippen LogP contribution in [0.5, 0.6) is 0 Å². The summed E-state index contributed by atoms with van der Waals surface area (Å²) in [6.45, 7) is 7.87. The summed E-state index contributed by atoms with van der Waals surface area (Å²) in [6, 6.07) is 0. The molecule has 0 saturated carbocycles. The summed E-state index contributed by atoms with van der Waals surface area (Å²) in [7, 11) is 2.02. The van der Waals surface area contributed by atoms with E-state index in [9.17, 15) is 0 Å². The molecule has 20 heavy (non-hydrogen) atoms.